The molecular formula is C21H26N2O2. The fourth-order valence-electron chi connectivity index (χ4n) is 4.48. The molecule has 4 rings (SSSR count). The molecule has 0 spiro atoms. The van der Waals surface area contributed by atoms with Gasteiger partial charge in [0.1, 0.15) is 5.75 Å². The number of rotatable bonds is 3. The van der Waals surface area contributed by atoms with Crippen molar-refractivity contribution in [1.29, 1.82) is 0 Å². The number of aromatic nitrogens is 1. The normalized spacial score (nSPS) is 22.2. The second kappa shape index (κ2) is 6.58. The molecule has 0 fully saturated rings. The van der Waals surface area contributed by atoms with E-state index in [0.29, 0.717) is 12.3 Å². The molecular weight excluding hydrogens is 312 g/mol. The van der Waals surface area contributed by atoms with Gasteiger partial charge in [-0.1, -0.05) is 6.07 Å². The van der Waals surface area contributed by atoms with E-state index in [2.05, 4.69) is 46.9 Å². The van der Waals surface area contributed by atoms with Gasteiger partial charge in [-0.25, -0.2) is 0 Å². The van der Waals surface area contributed by atoms with E-state index in [1.807, 2.05) is 6.07 Å². The number of amides is 1. The third-order valence-electron chi connectivity index (χ3n) is 5.87. The van der Waals surface area contributed by atoms with Gasteiger partial charge in [0.2, 0.25) is 5.91 Å². The Kier molecular flexibility index (Phi) is 4.28. The van der Waals surface area contributed by atoms with E-state index in [1.54, 1.807) is 7.11 Å². The fourth-order valence-corrected chi connectivity index (χ4v) is 4.48. The Hall–Kier alpha value is -2.23. The minimum absolute atomic E-state index is 0.162. The summed E-state index contributed by atoms with van der Waals surface area (Å²) in [5, 5.41) is 0. The van der Waals surface area contributed by atoms with E-state index in [1.165, 1.54) is 16.8 Å². The maximum Gasteiger partial charge on any atom is 0.223 e. The van der Waals surface area contributed by atoms with Crippen molar-refractivity contribution in [1.82, 2.24) is 9.47 Å². The lowest BCUT2D eigenvalue weighted by atomic mass is 9.80. The van der Waals surface area contributed by atoms with E-state index >= 15 is 0 Å². The average Bonchev–Trinajstić information content (AvgIpc) is 3.11. The van der Waals surface area contributed by atoms with Gasteiger partial charge in [0.15, 0.2) is 0 Å². The molecule has 0 saturated heterocycles. The SMILES string of the molecule is COc1ccc2c(c1)CCC[C@H]2CC(=O)N1CCn2cccc2[C@@H]1C. The second-order valence-electron chi connectivity index (χ2n) is 7.25. The van der Waals surface area contributed by atoms with Crippen LogP contribution in [0.15, 0.2) is 36.5 Å². The fraction of sp³-hybridized carbons (Fsp3) is 0.476. The van der Waals surface area contributed by atoms with Crippen LogP contribution in [0.1, 0.15) is 55.0 Å². The van der Waals surface area contributed by atoms with Gasteiger partial charge in [0, 0.05) is 31.4 Å². The minimum Gasteiger partial charge on any atom is -0.497 e. The van der Waals surface area contributed by atoms with Crippen LogP contribution < -0.4 is 4.74 Å². The number of carbonyl (C=O) groups excluding carboxylic acids is 1. The zero-order valence-electron chi connectivity index (χ0n) is 15.1. The maximum absolute atomic E-state index is 13.0. The summed E-state index contributed by atoms with van der Waals surface area (Å²) < 4.78 is 7.61. The van der Waals surface area contributed by atoms with Crippen LogP contribution >= 0.6 is 0 Å². The summed E-state index contributed by atoms with van der Waals surface area (Å²) in [4.78, 5) is 15.1. The molecule has 0 radical (unpaired) electrons. The predicted molar refractivity (Wildman–Crippen MR) is 97.9 cm³/mol. The molecule has 0 N–H and O–H groups in total. The van der Waals surface area contributed by atoms with Crippen molar-refractivity contribution >= 4 is 5.91 Å². The monoisotopic (exact) mass is 338 g/mol. The van der Waals surface area contributed by atoms with Crippen molar-refractivity contribution < 1.29 is 9.53 Å². The van der Waals surface area contributed by atoms with Crippen LogP contribution in [0.2, 0.25) is 0 Å². The molecule has 2 heterocycles. The van der Waals surface area contributed by atoms with Gasteiger partial charge in [-0.3, -0.25) is 4.79 Å². The van der Waals surface area contributed by atoms with Crippen LogP contribution in [0, 0.1) is 0 Å². The van der Waals surface area contributed by atoms with Gasteiger partial charge in [-0.2, -0.15) is 0 Å². The molecule has 0 bridgehead atoms. The number of hydrogen-bond donors (Lipinski definition) is 0. The predicted octanol–water partition coefficient (Wildman–Crippen LogP) is 3.91. The van der Waals surface area contributed by atoms with Gasteiger partial charge in [0.25, 0.3) is 0 Å². The first-order valence-corrected chi connectivity index (χ1v) is 9.28. The lowest BCUT2D eigenvalue weighted by Crippen LogP contribution is -2.41. The number of fused-ring (bicyclic) bond motifs is 2. The molecule has 1 amide bonds. The number of methoxy groups -OCH3 is 1. The largest absolute Gasteiger partial charge is 0.497 e. The van der Waals surface area contributed by atoms with Crippen molar-refractivity contribution in [3.63, 3.8) is 0 Å². The van der Waals surface area contributed by atoms with E-state index in [4.69, 9.17) is 4.74 Å². The Labute approximate surface area is 149 Å². The number of hydrogen-bond acceptors (Lipinski definition) is 2. The van der Waals surface area contributed by atoms with E-state index in [0.717, 1.165) is 38.1 Å². The van der Waals surface area contributed by atoms with Crippen molar-refractivity contribution in [2.75, 3.05) is 13.7 Å². The molecule has 1 aliphatic carbocycles. The quantitative estimate of drug-likeness (QED) is 0.850. The Morgan fingerprint density at radius 1 is 1.28 bits per heavy atom. The number of ether oxygens (including phenoxy) is 1. The highest BCUT2D eigenvalue weighted by Gasteiger charge is 2.30. The topological polar surface area (TPSA) is 34.5 Å². The number of nitrogens with zero attached hydrogens (tertiary/aromatic N) is 2. The van der Waals surface area contributed by atoms with Crippen molar-refractivity contribution in [2.45, 2.75) is 51.1 Å². The molecule has 0 saturated carbocycles. The molecule has 25 heavy (non-hydrogen) atoms. The summed E-state index contributed by atoms with van der Waals surface area (Å²) in [5.41, 5.74) is 3.94. The highest BCUT2D eigenvalue weighted by Crippen LogP contribution is 2.37. The Balaban J connectivity index is 1.51. The standard InChI is InChI=1S/C21H26N2O2/c1-15-20-7-4-10-22(20)11-12-23(15)21(24)14-17-6-3-5-16-13-18(25-2)8-9-19(16)17/h4,7-10,13,15,17H,3,5-6,11-12,14H2,1-2H3/t15-,17-/m0/s1. The average molecular weight is 338 g/mol. The summed E-state index contributed by atoms with van der Waals surface area (Å²) in [6.07, 6.45) is 6.06. The molecule has 1 aromatic heterocycles. The number of carbonyl (C=O) groups is 1. The molecule has 2 aliphatic rings. The van der Waals surface area contributed by atoms with Crippen molar-refractivity contribution in [3.8, 4) is 5.75 Å². The molecule has 1 aliphatic heterocycles. The van der Waals surface area contributed by atoms with E-state index in [-0.39, 0.29) is 11.9 Å². The van der Waals surface area contributed by atoms with Crippen LogP contribution in [0.4, 0.5) is 0 Å². The van der Waals surface area contributed by atoms with E-state index in [9.17, 15) is 4.79 Å². The van der Waals surface area contributed by atoms with Crippen LogP contribution in [-0.2, 0) is 17.8 Å². The third kappa shape index (κ3) is 2.94. The lowest BCUT2D eigenvalue weighted by Gasteiger charge is -2.36. The van der Waals surface area contributed by atoms with Crippen LogP contribution in [0.25, 0.3) is 0 Å². The number of benzene rings is 1. The van der Waals surface area contributed by atoms with Gasteiger partial charge in [0.05, 0.1) is 13.2 Å². The van der Waals surface area contributed by atoms with Crippen LogP contribution in [0.5, 0.6) is 5.75 Å². The Morgan fingerprint density at radius 3 is 3.00 bits per heavy atom. The zero-order valence-corrected chi connectivity index (χ0v) is 15.1. The molecule has 4 nitrogen and oxygen atoms in total. The summed E-state index contributed by atoms with van der Waals surface area (Å²) in [6, 6.07) is 10.7. The van der Waals surface area contributed by atoms with Gasteiger partial charge in [-0.15, -0.1) is 0 Å². The second-order valence-corrected chi connectivity index (χ2v) is 7.25. The first-order chi connectivity index (χ1) is 12.2. The van der Waals surface area contributed by atoms with Crippen LogP contribution in [-0.4, -0.2) is 29.0 Å². The van der Waals surface area contributed by atoms with Crippen molar-refractivity contribution in [3.05, 3.63) is 53.3 Å². The maximum atomic E-state index is 13.0. The summed E-state index contributed by atoms with van der Waals surface area (Å²) >= 11 is 0. The first kappa shape index (κ1) is 16.2. The first-order valence-electron chi connectivity index (χ1n) is 9.28. The number of aryl methyl sites for hydroxylation is 1. The zero-order chi connectivity index (χ0) is 17.4. The molecule has 2 atom stereocenters. The Morgan fingerprint density at radius 2 is 2.16 bits per heavy atom. The van der Waals surface area contributed by atoms with Gasteiger partial charge < -0.3 is 14.2 Å². The van der Waals surface area contributed by atoms with Gasteiger partial charge >= 0.3 is 0 Å². The highest BCUT2D eigenvalue weighted by atomic mass is 16.5. The van der Waals surface area contributed by atoms with Crippen molar-refractivity contribution in [2.24, 2.45) is 0 Å². The molecule has 1 aromatic carbocycles. The third-order valence-corrected chi connectivity index (χ3v) is 5.87. The highest BCUT2D eigenvalue weighted by molar-refractivity contribution is 5.78. The molecule has 132 valence electrons. The summed E-state index contributed by atoms with van der Waals surface area (Å²) in [5.74, 6) is 1.54. The van der Waals surface area contributed by atoms with Crippen LogP contribution in [0.3, 0.4) is 0 Å². The summed E-state index contributed by atoms with van der Waals surface area (Å²) in [7, 11) is 1.71. The van der Waals surface area contributed by atoms with E-state index < -0.39 is 0 Å². The smallest absolute Gasteiger partial charge is 0.223 e. The molecule has 2 aromatic rings. The lowest BCUT2D eigenvalue weighted by molar-refractivity contribution is -0.134. The summed E-state index contributed by atoms with van der Waals surface area (Å²) in [6.45, 7) is 3.85. The minimum atomic E-state index is 0.162. The molecule has 4 heteroatoms. The molecule has 0 unspecified atom stereocenters. The Bertz CT molecular complexity index is 780. The van der Waals surface area contributed by atoms with Gasteiger partial charge in [-0.05, 0) is 67.5 Å².